The van der Waals surface area contributed by atoms with Gasteiger partial charge >= 0.3 is 6.18 Å². The number of halogens is 4. The molecule has 1 N–H and O–H groups in total. The maximum Gasteiger partial charge on any atom is 0.432 e. The van der Waals surface area contributed by atoms with E-state index in [2.05, 4.69) is 10.00 Å². The van der Waals surface area contributed by atoms with Gasteiger partial charge in [0, 0.05) is 30.7 Å². The normalized spacial score (nSPS) is 15.3. The maximum absolute atomic E-state index is 12.8. The lowest BCUT2D eigenvalue weighted by atomic mass is 10.2. The summed E-state index contributed by atoms with van der Waals surface area (Å²) in [7, 11) is 0. The summed E-state index contributed by atoms with van der Waals surface area (Å²) in [6.45, 7) is 3.19. The van der Waals surface area contributed by atoms with Gasteiger partial charge in [0.2, 0.25) is 0 Å². The van der Waals surface area contributed by atoms with Crippen LogP contribution in [-0.2, 0) is 12.7 Å². The maximum atomic E-state index is 12.8. The van der Waals surface area contributed by atoms with Gasteiger partial charge in [-0.25, -0.2) is 0 Å². The van der Waals surface area contributed by atoms with Crippen LogP contribution in [0.15, 0.2) is 30.3 Å². The third kappa shape index (κ3) is 5.01. The zero-order valence-corrected chi connectivity index (χ0v) is 15.4. The Kier molecular flexibility index (Phi) is 6.06. The number of nitrogens with zero attached hydrogens (tertiary/aromatic N) is 3. The van der Waals surface area contributed by atoms with E-state index in [-0.39, 0.29) is 12.2 Å². The van der Waals surface area contributed by atoms with Crippen LogP contribution < -0.4 is 0 Å². The van der Waals surface area contributed by atoms with Crippen molar-refractivity contribution >= 4 is 17.5 Å². The number of alkyl halides is 3. The molecule has 5 nitrogen and oxygen atoms in total. The highest BCUT2D eigenvalue weighted by atomic mass is 35.5. The predicted molar refractivity (Wildman–Crippen MR) is 95.5 cm³/mol. The van der Waals surface area contributed by atoms with E-state index in [9.17, 15) is 18.0 Å². The van der Waals surface area contributed by atoms with Gasteiger partial charge in [-0.15, -0.1) is 0 Å². The summed E-state index contributed by atoms with van der Waals surface area (Å²) in [6, 6.07) is 7.85. The van der Waals surface area contributed by atoms with Crippen LogP contribution in [0, 0.1) is 0 Å². The van der Waals surface area contributed by atoms with Crippen molar-refractivity contribution in [1.29, 1.82) is 0 Å². The van der Waals surface area contributed by atoms with Crippen molar-refractivity contribution < 1.29 is 18.0 Å². The molecule has 9 heteroatoms. The smallest absolute Gasteiger partial charge is 0.332 e. The molecular weight excluding hydrogens is 381 g/mol. The molecule has 1 amide bonds. The fourth-order valence-electron chi connectivity index (χ4n) is 3.09. The van der Waals surface area contributed by atoms with Crippen LogP contribution in [0.25, 0.3) is 0 Å². The van der Waals surface area contributed by atoms with Crippen LogP contribution >= 0.6 is 11.6 Å². The van der Waals surface area contributed by atoms with E-state index >= 15 is 0 Å². The van der Waals surface area contributed by atoms with Crippen LogP contribution in [0.2, 0.25) is 5.02 Å². The summed E-state index contributed by atoms with van der Waals surface area (Å²) < 4.78 is 38.4. The number of hydrogen-bond acceptors (Lipinski definition) is 3. The molecule has 1 fully saturated rings. The third-order valence-corrected chi connectivity index (χ3v) is 4.96. The largest absolute Gasteiger partial charge is 0.432 e. The highest BCUT2D eigenvalue weighted by Gasteiger charge is 2.34. The number of aromatic amines is 1. The Balaban J connectivity index is 1.78. The first kappa shape index (κ1) is 19.7. The lowest BCUT2D eigenvalue weighted by Gasteiger charge is -2.25. The van der Waals surface area contributed by atoms with E-state index in [1.165, 1.54) is 4.90 Å². The second-order valence-electron chi connectivity index (χ2n) is 6.53. The minimum absolute atomic E-state index is 0.209. The van der Waals surface area contributed by atoms with E-state index in [1.807, 2.05) is 5.10 Å². The molecule has 0 spiro atoms. The molecule has 146 valence electrons. The molecular formula is C18H20ClF3N4O. The molecule has 1 saturated heterocycles. The summed E-state index contributed by atoms with van der Waals surface area (Å²) in [6.07, 6.45) is -2.34. The summed E-state index contributed by atoms with van der Waals surface area (Å²) in [5, 5.41) is 5.97. The number of aromatic nitrogens is 2. The van der Waals surface area contributed by atoms with E-state index in [4.69, 9.17) is 11.6 Å². The Hall–Kier alpha value is -2.06. The molecule has 1 aromatic heterocycles. The number of hydrogen-bond donors (Lipinski definition) is 1. The quantitative estimate of drug-likeness (QED) is 0.802. The Labute approximate surface area is 160 Å². The van der Waals surface area contributed by atoms with Gasteiger partial charge in [-0.05, 0) is 37.6 Å². The molecule has 0 bridgehead atoms. The Bertz CT molecular complexity index is 787. The first-order valence-corrected chi connectivity index (χ1v) is 9.10. The van der Waals surface area contributed by atoms with E-state index in [0.717, 1.165) is 37.6 Å². The van der Waals surface area contributed by atoms with Crippen molar-refractivity contribution in [3.63, 3.8) is 0 Å². The molecule has 3 rings (SSSR count). The number of likely N-dealkylation sites (tertiary alicyclic amines) is 1. The van der Waals surface area contributed by atoms with Crippen molar-refractivity contribution in [1.82, 2.24) is 20.0 Å². The van der Waals surface area contributed by atoms with Gasteiger partial charge in [0.1, 0.15) is 5.69 Å². The Morgan fingerprint density at radius 2 is 1.96 bits per heavy atom. The topological polar surface area (TPSA) is 52.2 Å². The molecule has 2 aromatic rings. The number of nitrogens with one attached hydrogen (secondary N) is 1. The van der Waals surface area contributed by atoms with E-state index < -0.39 is 17.8 Å². The van der Waals surface area contributed by atoms with Gasteiger partial charge in [0.05, 0.1) is 0 Å². The first-order chi connectivity index (χ1) is 12.8. The molecule has 27 heavy (non-hydrogen) atoms. The SMILES string of the molecule is O=C(c1cc(C(F)(F)F)[nH]n1)N(CCN1CCCC1)Cc1ccccc1Cl. The molecule has 0 aliphatic carbocycles. The number of carbonyl (C=O) groups excluding carboxylic acids is 1. The summed E-state index contributed by atoms with van der Waals surface area (Å²) in [5.74, 6) is -0.555. The number of amides is 1. The minimum Gasteiger partial charge on any atom is -0.332 e. The minimum atomic E-state index is -4.57. The van der Waals surface area contributed by atoms with Crippen LogP contribution in [-0.4, -0.2) is 52.1 Å². The molecule has 0 saturated carbocycles. The molecule has 0 radical (unpaired) electrons. The van der Waals surface area contributed by atoms with Crippen molar-refractivity contribution in [2.24, 2.45) is 0 Å². The molecule has 2 heterocycles. The molecule has 1 aromatic carbocycles. The second-order valence-corrected chi connectivity index (χ2v) is 6.94. The lowest BCUT2D eigenvalue weighted by Crippen LogP contribution is -2.37. The summed E-state index contributed by atoms with van der Waals surface area (Å²) in [5.41, 5.74) is -0.556. The third-order valence-electron chi connectivity index (χ3n) is 4.59. The Morgan fingerprint density at radius 3 is 2.59 bits per heavy atom. The zero-order chi connectivity index (χ0) is 19.4. The monoisotopic (exact) mass is 400 g/mol. The molecule has 1 aliphatic heterocycles. The standard InChI is InChI=1S/C18H20ClF3N4O/c19-14-6-2-1-5-13(14)12-26(10-9-25-7-3-4-8-25)17(27)15-11-16(24-23-15)18(20,21)22/h1-2,5-6,11H,3-4,7-10,12H2,(H,23,24). The average Bonchev–Trinajstić information content (AvgIpc) is 3.30. The molecule has 1 aliphatic rings. The van der Waals surface area contributed by atoms with Crippen LogP contribution in [0.5, 0.6) is 0 Å². The van der Waals surface area contributed by atoms with Gasteiger partial charge in [0.15, 0.2) is 5.69 Å². The zero-order valence-electron chi connectivity index (χ0n) is 14.6. The van der Waals surface area contributed by atoms with Crippen LogP contribution in [0.4, 0.5) is 13.2 Å². The van der Waals surface area contributed by atoms with Gasteiger partial charge in [0.25, 0.3) is 5.91 Å². The molecule has 0 atom stereocenters. The highest BCUT2D eigenvalue weighted by Crippen LogP contribution is 2.28. The number of rotatable bonds is 6. The van der Waals surface area contributed by atoms with Gasteiger partial charge in [-0.3, -0.25) is 9.89 Å². The number of benzene rings is 1. The van der Waals surface area contributed by atoms with Gasteiger partial charge in [-0.2, -0.15) is 18.3 Å². The Morgan fingerprint density at radius 1 is 1.26 bits per heavy atom. The van der Waals surface area contributed by atoms with E-state index in [1.54, 1.807) is 24.3 Å². The first-order valence-electron chi connectivity index (χ1n) is 8.72. The van der Waals surface area contributed by atoms with Crippen LogP contribution in [0.1, 0.15) is 34.6 Å². The second kappa shape index (κ2) is 8.31. The van der Waals surface area contributed by atoms with Crippen molar-refractivity contribution in [3.05, 3.63) is 52.3 Å². The number of carbonyl (C=O) groups is 1. The number of H-pyrrole nitrogens is 1. The van der Waals surface area contributed by atoms with Crippen molar-refractivity contribution in [3.8, 4) is 0 Å². The predicted octanol–water partition coefficient (Wildman–Crippen LogP) is 3.82. The van der Waals surface area contributed by atoms with Gasteiger partial charge in [-0.1, -0.05) is 29.8 Å². The van der Waals surface area contributed by atoms with Crippen molar-refractivity contribution in [2.75, 3.05) is 26.2 Å². The average molecular weight is 401 g/mol. The fourth-order valence-corrected chi connectivity index (χ4v) is 3.29. The summed E-state index contributed by atoms with van der Waals surface area (Å²) >= 11 is 6.19. The van der Waals surface area contributed by atoms with Crippen LogP contribution in [0.3, 0.4) is 0 Å². The lowest BCUT2D eigenvalue weighted by molar-refractivity contribution is -0.141. The highest BCUT2D eigenvalue weighted by molar-refractivity contribution is 6.31. The van der Waals surface area contributed by atoms with E-state index in [0.29, 0.717) is 18.1 Å². The van der Waals surface area contributed by atoms with Crippen molar-refractivity contribution in [2.45, 2.75) is 25.6 Å². The fraction of sp³-hybridized carbons (Fsp3) is 0.444. The summed E-state index contributed by atoms with van der Waals surface area (Å²) in [4.78, 5) is 16.6. The van der Waals surface area contributed by atoms with Gasteiger partial charge < -0.3 is 9.80 Å². The molecule has 0 unspecified atom stereocenters.